The summed E-state index contributed by atoms with van der Waals surface area (Å²) in [6.07, 6.45) is 6.03. The molecule has 3 heteroatoms. The molecule has 0 saturated carbocycles. The Bertz CT molecular complexity index is 500. The zero-order valence-electron chi connectivity index (χ0n) is 7.04. The Morgan fingerprint density at radius 1 is 1.31 bits per heavy atom. The van der Waals surface area contributed by atoms with E-state index < -0.39 is 0 Å². The molecular formula is C10H9N3. The molecule has 0 aliphatic carbocycles. The Kier molecular flexibility index (Phi) is 1.29. The Hall–Kier alpha value is -1.61. The lowest BCUT2D eigenvalue weighted by Crippen LogP contribution is -2.33. The molecule has 0 amide bonds. The van der Waals surface area contributed by atoms with Crippen LogP contribution in [0.3, 0.4) is 0 Å². The highest BCUT2D eigenvalue weighted by Crippen LogP contribution is 2.11. The van der Waals surface area contributed by atoms with Gasteiger partial charge < -0.3 is 5.43 Å². The van der Waals surface area contributed by atoms with Crippen molar-refractivity contribution in [2.75, 3.05) is 12.0 Å². The quantitative estimate of drug-likeness (QED) is 0.576. The van der Waals surface area contributed by atoms with Crippen LogP contribution in [0.2, 0.25) is 0 Å². The van der Waals surface area contributed by atoms with Crippen molar-refractivity contribution in [1.29, 1.82) is 0 Å². The van der Waals surface area contributed by atoms with Gasteiger partial charge in [-0.3, -0.25) is 4.99 Å². The minimum atomic E-state index is 0.868. The number of fused-ring (bicyclic) bond motifs is 3. The maximum absolute atomic E-state index is 4.25. The zero-order chi connectivity index (χ0) is 8.67. The third-order valence-electron chi connectivity index (χ3n) is 2.35. The summed E-state index contributed by atoms with van der Waals surface area (Å²) in [5.41, 5.74) is 8.58. The summed E-state index contributed by atoms with van der Waals surface area (Å²) < 4.78 is 0. The van der Waals surface area contributed by atoms with Crippen LogP contribution in [0.1, 0.15) is 5.56 Å². The van der Waals surface area contributed by atoms with E-state index in [9.17, 15) is 0 Å². The second-order valence-corrected chi connectivity index (χ2v) is 3.12. The van der Waals surface area contributed by atoms with Crippen molar-refractivity contribution in [1.82, 2.24) is 5.43 Å². The van der Waals surface area contributed by atoms with Crippen LogP contribution in [0.5, 0.6) is 0 Å². The van der Waals surface area contributed by atoms with Crippen molar-refractivity contribution in [3.05, 3.63) is 34.5 Å². The van der Waals surface area contributed by atoms with Gasteiger partial charge in [0.25, 0.3) is 0 Å². The molecule has 0 atom stereocenters. The first-order valence-corrected chi connectivity index (χ1v) is 4.31. The van der Waals surface area contributed by atoms with Gasteiger partial charge in [-0.15, -0.1) is 0 Å². The van der Waals surface area contributed by atoms with E-state index in [1.807, 2.05) is 12.3 Å². The van der Waals surface area contributed by atoms with Crippen LogP contribution in [0.4, 0.5) is 5.69 Å². The van der Waals surface area contributed by atoms with Gasteiger partial charge >= 0.3 is 0 Å². The van der Waals surface area contributed by atoms with Gasteiger partial charge in [0, 0.05) is 18.3 Å². The average Bonchev–Trinajstić information content (AvgIpc) is 2.65. The maximum Gasteiger partial charge on any atom is 0.0724 e. The molecular weight excluding hydrogens is 162 g/mol. The lowest BCUT2D eigenvalue weighted by atomic mass is 10.1. The third-order valence-corrected chi connectivity index (χ3v) is 2.35. The number of rotatable bonds is 0. The number of nitrogens with one attached hydrogen (secondary N) is 2. The summed E-state index contributed by atoms with van der Waals surface area (Å²) in [6, 6.07) is 4.15. The van der Waals surface area contributed by atoms with Crippen LogP contribution in [0.25, 0.3) is 12.2 Å². The first kappa shape index (κ1) is 6.86. The molecule has 0 aromatic heterocycles. The second-order valence-electron chi connectivity index (χ2n) is 3.12. The van der Waals surface area contributed by atoms with Crippen LogP contribution in [0, 0.1) is 0 Å². The molecule has 2 aliphatic rings. The van der Waals surface area contributed by atoms with E-state index >= 15 is 0 Å². The van der Waals surface area contributed by atoms with Crippen LogP contribution in [0.15, 0.2) is 23.3 Å². The summed E-state index contributed by atoms with van der Waals surface area (Å²) in [4.78, 5) is 4.25. The van der Waals surface area contributed by atoms with Crippen LogP contribution in [-0.4, -0.2) is 6.54 Å². The third kappa shape index (κ3) is 0.907. The van der Waals surface area contributed by atoms with Gasteiger partial charge in [-0.1, -0.05) is 12.1 Å². The van der Waals surface area contributed by atoms with E-state index in [4.69, 9.17) is 0 Å². The van der Waals surface area contributed by atoms with Crippen molar-refractivity contribution in [3.63, 3.8) is 0 Å². The predicted octanol–water partition coefficient (Wildman–Crippen LogP) is 0.00110. The van der Waals surface area contributed by atoms with E-state index in [0.717, 1.165) is 17.6 Å². The maximum atomic E-state index is 4.25. The van der Waals surface area contributed by atoms with Crippen molar-refractivity contribution >= 4 is 17.8 Å². The molecule has 3 nitrogen and oxygen atoms in total. The number of hydrazine groups is 1. The van der Waals surface area contributed by atoms with Crippen LogP contribution < -0.4 is 21.4 Å². The number of anilines is 1. The van der Waals surface area contributed by atoms with Gasteiger partial charge in [-0.05, 0) is 17.4 Å². The summed E-state index contributed by atoms with van der Waals surface area (Å²) in [5.74, 6) is 0. The molecule has 13 heavy (non-hydrogen) atoms. The van der Waals surface area contributed by atoms with Crippen molar-refractivity contribution in [2.24, 2.45) is 4.99 Å². The number of hydrogen-bond acceptors (Lipinski definition) is 3. The predicted molar refractivity (Wildman–Crippen MR) is 52.3 cm³/mol. The number of hydrogen-bond donors (Lipinski definition) is 2. The summed E-state index contributed by atoms with van der Waals surface area (Å²) >= 11 is 0. The van der Waals surface area contributed by atoms with Crippen LogP contribution in [-0.2, 0) is 0 Å². The van der Waals surface area contributed by atoms with E-state index in [-0.39, 0.29) is 0 Å². The van der Waals surface area contributed by atoms with E-state index in [1.165, 1.54) is 10.8 Å². The smallest absolute Gasteiger partial charge is 0.0724 e. The highest BCUT2D eigenvalue weighted by atomic mass is 15.4. The molecule has 0 fully saturated rings. The fraction of sp³-hybridized carbons (Fsp3) is 0.100. The molecule has 0 spiro atoms. The van der Waals surface area contributed by atoms with Gasteiger partial charge in [0.1, 0.15) is 0 Å². The molecule has 0 bridgehead atoms. The Morgan fingerprint density at radius 3 is 3.31 bits per heavy atom. The molecule has 0 saturated heterocycles. The topological polar surface area (TPSA) is 36.4 Å². The summed E-state index contributed by atoms with van der Waals surface area (Å²) in [7, 11) is 0. The molecule has 0 unspecified atom stereocenters. The lowest BCUT2D eigenvalue weighted by molar-refractivity contribution is 0.898. The SMILES string of the molecule is C1=Cc2c3c(ccc2=N1)=CCNN3. The minimum absolute atomic E-state index is 0.868. The summed E-state index contributed by atoms with van der Waals surface area (Å²) in [5, 5.41) is 2.29. The van der Waals surface area contributed by atoms with Crippen molar-refractivity contribution in [2.45, 2.75) is 0 Å². The van der Waals surface area contributed by atoms with E-state index in [1.54, 1.807) is 0 Å². The number of benzene rings is 1. The van der Waals surface area contributed by atoms with Crippen molar-refractivity contribution in [3.8, 4) is 0 Å². The lowest BCUT2D eigenvalue weighted by Gasteiger charge is -2.14. The monoisotopic (exact) mass is 171 g/mol. The van der Waals surface area contributed by atoms with Crippen molar-refractivity contribution < 1.29 is 0 Å². The highest BCUT2D eigenvalue weighted by molar-refractivity contribution is 5.70. The van der Waals surface area contributed by atoms with E-state index in [0.29, 0.717) is 0 Å². The van der Waals surface area contributed by atoms with Crippen LogP contribution >= 0.6 is 0 Å². The molecule has 1 aromatic carbocycles. The van der Waals surface area contributed by atoms with Gasteiger partial charge in [0.2, 0.25) is 0 Å². The Morgan fingerprint density at radius 2 is 2.31 bits per heavy atom. The molecule has 2 N–H and O–H groups in total. The zero-order valence-corrected chi connectivity index (χ0v) is 7.04. The Labute approximate surface area is 75.5 Å². The first-order chi connectivity index (χ1) is 6.45. The molecule has 2 aliphatic heterocycles. The molecule has 0 radical (unpaired) electrons. The molecule has 3 rings (SSSR count). The largest absolute Gasteiger partial charge is 0.320 e. The van der Waals surface area contributed by atoms with Gasteiger partial charge in [-0.25, -0.2) is 5.43 Å². The number of nitrogens with zero attached hydrogens (tertiary/aromatic N) is 1. The minimum Gasteiger partial charge on any atom is -0.320 e. The second kappa shape index (κ2) is 2.44. The summed E-state index contributed by atoms with van der Waals surface area (Å²) in [6.45, 7) is 0.868. The highest BCUT2D eigenvalue weighted by Gasteiger charge is 2.08. The molecule has 2 heterocycles. The first-order valence-electron chi connectivity index (χ1n) is 4.31. The normalized spacial score (nSPS) is 16.6. The fourth-order valence-corrected chi connectivity index (χ4v) is 1.71. The Balaban J connectivity index is 2.43. The fourth-order valence-electron chi connectivity index (χ4n) is 1.71. The standard InChI is InChI=1S/C10H9N3/c1-2-9-8(4-5-11-9)10-7(1)3-6-12-13-10/h1-5,12-13H,6H2. The average molecular weight is 171 g/mol. The van der Waals surface area contributed by atoms with Gasteiger partial charge in [0.05, 0.1) is 11.0 Å². The molecule has 64 valence electrons. The molecule has 1 aromatic rings. The van der Waals surface area contributed by atoms with E-state index in [2.05, 4.69) is 34.1 Å². The van der Waals surface area contributed by atoms with Gasteiger partial charge in [0.15, 0.2) is 0 Å². The van der Waals surface area contributed by atoms with Gasteiger partial charge in [-0.2, -0.15) is 0 Å².